The molecule has 1 amide bonds. The van der Waals surface area contributed by atoms with Gasteiger partial charge in [-0.25, -0.2) is 4.39 Å². The molecule has 1 heterocycles. The van der Waals surface area contributed by atoms with Crippen LogP contribution >= 0.6 is 23.2 Å². The van der Waals surface area contributed by atoms with Crippen LogP contribution in [-0.4, -0.2) is 30.4 Å². The summed E-state index contributed by atoms with van der Waals surface area (Å²) in [6.45, 7) is 2.45. The van der Waals surface area contributed by atoms with E-state index < -0.39 is 11.7 Å². The molecule has 0 bridgehead atoms. The maximum atomic E-state index is 13.7. The van der Waals surface area contributed by atoms with E-state index in [2.05, 4.69) is 22.3 Å². The van der Waals surface area contributed by atoms with Crippen LogP contribution in [0.4, 0.5) is 4.39 Å². The monoisotopic (exact) mass is 380 g/mol. The number of halogens is 3. The Balaban J connectivity index is 1.75. The molecule has 0 radical (unpaired) electrons. The van der Waals surface area contributed by atoms with Crippen molar-refractivity contribution >= 4 is 29.1 Å². The van der Waals surface area contributed by atoms with E-state index in [-0.39, 0.29) is 21.7 Å². The number of nitrogens with one attached hydrogen (secondary N) is 1. The Labute approximate surface area is 156 Å². The Morgan fingerprint density at radius 3 is 2.48 bits per heavy atom. The van der Waals surface area contributed by atoms with Gasteiger partial charge in [0.15, 0.2) is 0 Å². The zero-order valence-corrected chi connectivity index (χ0v) is 15.2. The molecule has 0 aromatic heterocycles. The van der Waals surface area contributed by atoms with E-state index in [0.29, 0.717) is 6.54 Å². The van der Waals surface area contributed by atoms with Gasteiger partial charge in [0.2, 0.25) is 0 Å². The minimum absolute atomic E-state index is 0.0866. The van der Waals surface area contributed by atoms with Crippen molar-refractivity contribution in [3.63, 3.8) is 0 Å². The van der Waals surface area contributed by atoms with Crippen LogP contribution in [0.1, 0.15) is 34.8 Å². The van der Waals surface area contributed by atoms with Crippen molar-refractivity contribution in [1.82, 2.24) is 10.2 Å². The Kier molecular flexibility index (Phi) is 5.94. The lowest BCUT2D eigenvalue weighted by molar-refractivity contribution is 0.0937. The second kappa shape index (κ2) is 8.17. The van der Waals surface area contributed by atoms with Gasteiger partial charge in [-0.1, -0.05) is 53.5 Å². The van der Waals surface area contributed by atoms with Crippen molar-refractivity contribution in [2.45, 2.75) is 18.9 Å². The molecule has 1 aliphatic rings. The molecule has 6 heteroatoms. The number of amides is 1. The van der Waals surface area contributed by atoms with Crippen molar-refractivity contribution in [2.24, 2.45) is 0 Å². The van der Waals surface area contributed by atoms with Crippen LogP contribution in [-0.2, 0) is 0 Å². The fraction of sp³-hybridized carbons (Fsp3) is 0.316. The minimum Gasteiger partial charge on any atom is -0.350 e. The lowest BCUT2D eigenvalue weighted by atomic mass is 10.1. The van der Waals surface area contributed by atoms with E-state index in [1.54, 1.807) is 0 Å². The summed E-state index contributed by atoms with van der Waals surface area (Å²) in [6.07, 6.45) is 2.32. The summed E-state index contributed by atoms with van der Waals surface area (Å²) in [6, 6.07) is 12.5. The lowest BCUT2D eigenvalue weighted by Gasteiger charge is -2.28. The van der Waals surface area contributed by atoms with Crippen LogP contribution < -0.4 is 5.32 Å². The van der Waals surface area contributed by atoms with E-state index in [1.165, 1.54) is 6.07 Å². The molecule has 0 saturated carbocycles. The number of likely N-dealkylation sites (tertiary alicyclic amines) is 1. The van der Waals surface area contributed by atoms with Crippen LogP contribution in [0.2, 0.25) is 10.0 Å². The van der Waals surface area contributed by atoms with Gasteiger partial charge in [0.25, 0.3) is 5.91 Å². The number of hydrogen-bond acceptors (Lipinski definition) is 2. The number of benzene rings is 2. The summed E-state index contributed by atoms with van der Waals surface area (Å²) in [5, 5.41) is 2.93. The molecule has 1 fully saturated rings. The van der Waals surface area contributed by atoms with E-state index >= 15 is 0 Å². The van der Waals surface area contributed by atoms with Gasteiger partial charge in [0, 0.05) is 6.54 Å². The first-order chi connectivity index (χ1) is 12.1. The highest BCUT2D eigenvalue weighted by Gasteiger charge is 2.24. The molecule has 132 valence electrons. The number of nitrogens with zero attached hydrogens (tertiary/aromatic N) is 1. The molecule has 0 aliphatic carbocycles. The highest BCUT2D eigenvalue weighted by atomic mass is 35.5. The standard InChI is InChI=1S/C19H19Cl2FN2O/c20-15-11-16(21)17(22)10-14(15)19(25)23-12-18(24-8-4-5-9-24)13-6-2-1-3-7-13/h1-3,6-7,10-11,18H,4-5,8-9,12H2,(H,23,25). The smallest absolute Gasteiger partial charge is 0.252 e. The van der Waals surface area contributed by atoms with Gasteiger partial charge in [0.05, 0.1) is 21.7 Å². The highest BCUT2D eigenvalue weighted by molar-refractivity contribution is 6.36. The molecule has 25 heavy (non-hydrogen) atoms. The molecular weight excluding hydrogens is 362 g/mol. The maximum Gasteiger partial charge on any atom is 0.252 e. The zero-order chi connectivity index (χ0) is 17.8. The molecule has 1 saturated heterocycles. The maximum absolute atomic E-state index is 13.7. The van der Waals surface area contributed by atoms with Gasteiger partial charge in [-0.15, -0.1) is 0 Å². The van der Waals surface area contributed by atoms with Crippen LogP contribution in [0.3, 0.4) is 0 Å². The number of carbonyl (C=O) groups is 1. The Bertz CT molecular complexity index is 749. The Hall–Kier alpha value is -1.62. The topological polar surface area (TPSA) is 32.3 Å². The van der Waals surface area contributed by atoms with Gasteiger partial charge < -0.3 is 5.32 Å². The van der Waals surface area contributed by atoms with Gasteiger partial charge in [-0.2, -0.15) is 0 Å². The number of hydrogen-bond donors (Lipinski definition) is 1. The van der Waals surface area contributed by atoms with Crippen molar-refractivity contribution < 1.29 is 9.18 Å². The third kappa shape index (κ3) is 4.32. The molecule has 3 rings (SSSR count). The van der Waals surface area contributed by atoms with Gasteiger partial charge >= 0.3 is 0 Å². The summed E-state index contributed by atoms with van der Waals surface area (Å²) in [7, 11) is 0. The fourth-order valence-electron chi connectivity index (χ4n) is 3.17. The first-order valence-electron chi connectivity index (χ1n) is 8.28. The molecule has 1 unspecified atom stereocenters. The lowest BCUT2D eigenvalue weighted by Crippen LogP contribution is -2.36. The second-order valence-corrected chi connectivity index (χ2v) is 6.94. The summed E-state index contributed by atoms with van der Waals surface area (Å²) >= 11 is 11.7. The summed E-state index contributed by atoms with van der Waals surface area (Å²) < 4.78 is 13.7. The van der Waals surface area contributed by atoms with Crippen LogP contribution in [0, 0.1) is 5.82 Å². The predicted molar refractivity (Wildman–Crippen MR) is 98.7 cm³/mol. The first kappa shape index (κ1) is 18.2. The predicted octanol–water partition coefficient (Wildman–Crippen LogP) is 4.70. The van der Waals surface area contributed by atoms with Crippen molar-refractivity contribution in [2.75, 3.05) is 19.6 Å². The average molecular weight is 381 g/mol. The Morgan fingerprint density at radius 1 is 1.12 bits per heavy atom. The Morgan fingerprint density at radius 2 is 1.80 bits per heavy atom. The average Bonchev–Trinajstić information content (AvgIpc) is 3.13. The largest absolute Gasteiger partial charge is 0.350 e. The quantitative estimate of drug-likeness (QED) is 0.762. The first-order valence-corrected chi connectivity index (χ1v) is 9.03. The van der Waals surface area contributed by atoms with E-state index in [1.807, 2.05) is 18.2 Å². The van der Waals surface area contributed by atoms with Gasteiger partial charge in [-0.05, 0) is 43.6 Å². The van der Waals surface area contributed by atoms with Crippen LogP contribution in [0.5, 0.6) is 0 Å². The molecule has 2 aromatic carbocycles. The third-order valence-electron chi connectivity index (χ3n) is 4.48. The zero-order valence-electron chi connectivity index (χ0n) is 13.6. The second-order valence-electron chi connectivity index (χ2n) is 6.13. The van der Waals surface area contributed by atoms with Crippen LogP contribution in [0.25, 0.3) is 0 Å². The van der Waals surface area contributed by atoms with Crippen molar-refractivity contribution in [3.8, 4) is 0 Å². The number of rotatable bonds is 5. The summed E-state index contributed by atoms with van der Waals surface area (Å²) in [4.78, 5) is 14.8. The van der Waals surface area contributed by atoms with E-state index in [0.717, 1.165) is 37.6 Å². The molecule has 3 nitrogen and oxygen atoms in total. The third-order valence-corrected chi connectivity index (χ3v) is 5.08. The summed E-state index contributed by atoms with van der Waals surface area (Å²) in [5.41, 5.74) is 1.25. The van der Waals surface area contributed by atoms with E-state index in [9.17, 15) is 9.18 Å². The summed E-state index contributed by atoms with van der Waals surface area (Å²) in [5.74, 6) is -1.06. The normalized spacial score (nSPS) is 16.0. The van der Waals surface area contributed by atoms with Crippen molar-refractivity contribution in [1.29, 1.82) is 0 Å². The minimum atomic E-state index is -0.657. The highest BCUT2D eigenvalue weighted by Crippen LogP contribution is 2.26. The van der Waals surface area contributed by atoms with E-state index in [4.69, 9.17) is 23.2 Å². The molecule has 1 atom stereocenters. The molecule has 0 spiro atoms. The van der Waals surface area contributed by atoms with Gasteiger partial charge in [-0.3, -0.25) is 9.69 Å². The fourth-order valence-corrected chi connectivity index (χ4v) is 3.64. The molecule has 2 aromatic rings. The van der Waals surface area contributed by atoms with Crippen molar-refractivity contribution in [3.05, 3.63) is 69.5 Å². The van der Waals surface area contributed by atoms with Crippen LogP contribution in [0.15, 0.2) is 42.5 Å². The molecular formula is C19H19Cl2FN2O. The molecule has 1 aliphatic heterocycles. The SMILES string of the molecule is O=C(NCC(c1ccccc1)N1CCCC1)c1cc(F)c(Cl)cc1Cl. The number of carbonyl (C=O) groups excluding carboxylic acids is 1. The van der Waals surface area contributed by atoms with Gasteiger partial charge in [0.1, 0.15) is 5.82 Å². The molecule has 1 N–H and O–H groups in total.